The number of ketones is 1. The largest absolute Gasteiger partial charge is 0.299 e. The average Bonchev–Trinajstić information content (AvgIpc) is 2.61. The molecule has 0 bridgehead atoms. The molecule has 0 aliphatic carbocycles. The van der Waals surface area contributed by atoms with Gasteiger partial charge in [-0.15, -0.1) is 11.3 Å². The highest BCUT2D eigenvalue weighted by Crippen LogP contribution is 2.22. The van der Waals surface area contributed by atoms with Crippen molar-refractivity contribution in [3.8, 4) is 6.07 Å². The van der Waals surface area contributed by atoms with Crippen LogP contribution >= 0.6 is 27.3 Å². The highest BCUT2D eigenvalue weighted by atomic mass is 79.9. The van der Waals surface area contributed by atoms with E-state index in [0.717, 1.165) is 16.8 Å². The van der Waals surface area contributed by atoms with Crippen LogP contribution < -0.4 is 0 Å². The second kappa shape index (κ2) is 6.79. The Morgan fingerprint density at radius 2 is 2.38 bits per heavy atom. The maximum absolute atomic E-state index is 11.2. The van der Waals surface area contributed by atoms with Crippen molar-refractivity contribution in [2.24, 2.45) is 0 Å². The number of rotatable bonds is 6. The average molecular weight is 301 g/mol. The number of hydrogen-bond donors (Lipinski definition) is 0. The Balaban J connectivity index is 2.28. The van der Waals surface area contributed by atoms with Crippen LogP contribution in [0.25, 0.3) is 0 Å². The van der Waals surface area contributed by atoms with Gasteiger partial charge in [-0.25, -0.2) is 0 Å². The van der Waals surface area contributed by atoms with Crippen molar-refractivity contribution in [2.45, 2.75) is 12.8 Å². The number of hydrogen-bond acceptors (Lipinski definition) is 4. The zero-order valence-corrected chi connectivity index (χ0v) is 11.5. The molecule has 5 heteroatoms. The van der Waals surface area contributed by atoms with Crippen LogP contribution in [0.2, 0.25) is 0 Å². The molecule has 1 rings (SSSR count). The smallest absolute Gasteiger partial charge is 0.160 e. The number of likely N-dealkylation sites (N-methyl/N-ethyl adjacent to an activating group) is 1. The van der Waals surface area contributed by atoms with E-state index in [1.165, 1.54) is 4.88 Å². The van der Waals surface area contributed by atoms with Crippen LogP contribution in [0.1, 0.15) is 11.3 Å². The molecular formula is C11H13BrN2OS. The van der Waals surface area contributed by atoms with Crippen LogP contribution in [0.15, 0.2) is 15.9 Å². The fraction of sp³-hybridized carbons (Fsp3) is 0.455. The predicted octanol–water partition coefficient (Wildman–Crippen LogP) is 2.47. The fourth-order valence-corrected chi connectivity index (χ4v) is 2.78. The molecule has 0 saturated heterocycles. The van der Waals surface area contributed by atoms with Gasteiger partial charge in [-0.2, -0.15) is 5.26 Å². The first-order valence-electron chi connectivity index (χ1n) is 4.93. The molecule has 1 heterocycles. The van der Waals surface area contributed by atoms with Gasteiger partial charge in [0.25, 0.3) is 0 Å². The Bertz CT molecular complexity index is 397. The number of halogens is 1. The minimum Gasteiger partial charge on any atom is -0.299 e. The normalized spacial score (nSPS) is 10.4. The quantitative estimate of drug-likeness (QED) is 0.811. The SMILES string of the molecule is CN(CCc1ccc(Br)s1)CC(=O)CC#N. The highest BCUT2D eigenvalue weighted by molar-refractivity contribution is 9.11. The van der Waals surface area contributed by atoms with Crippen LogP contribution in [0.4, 0.5) is 0 Å². The first kappa shape index (κ1) is 13.4. The lowest BCUT2D eigenvalue weighted by molar-refractivity contribution is -0.118. The summed E-state index contributed by atoms with van der Waals surface area (Å²) in [5.74, 6) is -0.0163. The molecule has 0 aromatic carbocycles. The topological polar surface area (TPSA) is 44.1 Å². The molecule has 0 aliphatic rings. The molecule has 0 amide bonds. The molecule has 0 spiro atoms. The van der Waals surface area contributed by atoms with Crippen molar-refractivity contribution >= 4 is 33.0 Å². The van der Waals surface area contributed by atoms with E-state index in [1.54, 1.807) is 11.3 Å². The fourth-order valence-electron chi connectivity index (χ4n) is 1.31. The van der Waals surface area contributed by atoms with Crippen LogP contribution in [0, 0.1) is 11.3 Å². The lowest BCUT2D eigenvalue weighted by atomic mass is 10.2. The third kappa shape index (κ3) is 4.88. The molecule has 0 saturated carbocycles. The van der Waals surface area contributed by atoms with Gasteiger partial charge in [-0.05, 0) is 41.5 Å². The molecule has 86 valence electrons. The molecule has 16 heavy (non-hydrogen) atoms. The first-order valence-corrected chi connectivity index (χ1v) is 6.54. The lowest BCUT2D eigenvalue weighted by Gasteiger charge is -2.13. The van der Waals surface area contributed by atoms with Crippen LogP contribution in [0.5, 0.6) is 0 Å². The zero-order chi connectivity index (χ0) is 12.0. The van der Waals surface area contributed by atoms with Gasteiger partial charge in [0.15, 0.2) is 5.78 Å². The van der Waals surface area contributed by atoms with Gasteiger partial charge in [0.2, 0.25) is 0 Å². The van der Waals surface area contributed by atoms with Gasteiger partial charge < -0.3 is 0 Å². The minimum atomic E-state index is -0.0163. The summed E-state index contributed by atoms with van der Waals surface area (Å²) in [6.07, 6.45) is 0.946. The first-order chi connectivity index (χ1) is 7.61. The Hall–Kier alpha value is -0.700. The second-order valence-electron chi connectivity index (χ2n) is 3.57. The van der Waals surface area contributed by atoms with E-state index in [1.807, 2.05) is 24.1 Å². The third-order valence-electron chi connectivity index (χ3n) is 2.09. The Morgan fingerprint density at radius 3 is 2.94 bits per heavy atom. The summed E-state index contributed by atoms with van der Waals surface area (Å²) < 4.78 is 1.13. The summed E-state index contributed by atoms with van der Waals surface area (Å²) in [5, 5.41) is 8.37. The van der Waals surface area contributed by atoms with Crippen LogP contribution in [0.3, 0.4) is 0 Å². The van der Waals surface area contributed by atoms with Gasteiger partial charge in [0.05, 0.1) is 22.8 Å². The Morgan fingerprint density at radius 1 is 1.62 bits per heavy atom. The van der Waals surface area contributed by atoms with Gasteiger partial charge in [-0.3, -0.25) is 9.69 Å². The minimum absolute atomic E-state index is 0.00882. The highest BCUT2D eigenvalue weighted by Gasteiger charge is 2.06. The molecule has 0 aliphatic heterocycles. The Kier molecular flexibility index (Phi) is 5.67. The van der Waals surface area contributed by atoms with Crippen LogP contribution in [-0.4, -0.2) is 30.8 Å². The van der Waals surface area contributed by atoms with Crippen molar-refractivity contribution in [3.63, 3.8) is 0 Å². The molecule has 0 unspecified atom stereocenters. The van der Waals surface area contributed by atoms with Gasteiger partial charge in [0, 0.05) is 11.4 Å². The number of carbonyl (C=O) groups is 1. The summed E-state index contributed by atoms with van der Waals surface area (Å²) >= 11 is 5.13. The summed E-state index contributed by atoms with van der Waals surface area (Å²) in [4.78, 5) is 14.4. The molecule has 1 aromatic rings. The van der Waals surface area contributed by atoms with Crippen molar-refractivity contribution in [3.05, 3.63) is 20.8 Å². The standard InChI is InChI=1S/C11H13BrN2OS/c1-14(8-9(15)4-6-13)7-5-10-2-3-11(12)16-10/h2-3H,4-5,7-8H2,1H3. The number of nitriles is 1. The lowest BCUT2D eigenvalue weighted by Crippen LogP contribution is -2.27. The molecule has 0 N–H and O–H groups in total. The van der Waals surface area contributed by atoms with E-state index >= 15 is 0 Å². The van der Waals surface area contributed by atoms with Gasteiger partial charge in [-0.1, -0.05) is 0 Å². The van der Waals surface area contributed by atoms with Gasteiger partial charge in [0.1, 0.15) is 0 Å². The van der Waals surface area contributed by atoms with E-state index < -0.39 is 0 Å². The maximum Gasteiger partial charge on any atom is 0.160 e. The summed E-state index contributed by atoms with van der Waals surface area (Å²) in [5.41, 5.74) is 0. The van der Waals surface area contributed by atoms with E-state index in [4.69, 9.17) is 5.26 Å². The zero-order valence-electron chi connectivity index (χ0n) is 9.07. The second-order valence-corrected chi connectivity index (χ2v) is 6.11. The number of thiophene rings is 1. The van der Waals surface area contributed by atoms with E-state index in [9.17, 15) is 4.79 Å². The summed E-state index contributed by atoms with van der Waals surface area (Å²) in [6.45, 7) is 1.20. The summed E-state index contributed by atoms with van der Waals surface area (Å²) in [7, 11) is 1.90. The molecule has 0 fully saturated rings. The van der Waals surface area contributed by atoms with E-state index in [0.29, 0.717) is 6.54 Å². The third-order valence-corrected chi connectivity index (χ3v) is 3.77. The number of Topliss-reactive ketones (excluding diaryl/α,β-unsaturated/α-hetero) is 1. The summed E-state index contributed by atoms with van der Waals surface area (Å²) in [6, 6.07) is 5.98. The van der Waals surface area contributed by atoms with Crippen molar-refractivity contribution in [1.29, 1.82) is 5.26 Å². The molecule has 1 aromatic heterocycles. The number of nitrogens with zero attached hydrogens (tertiary/aromatic N) is 2. The Labute approximate surface area is 108 Å². The molecule has 0 atom stereocenters. The van der Waals surface area contributed by atoms with E-state index in [2.05, 4.69) is 22.0 Å². The number of carbonyl (C=O) groups excluding carboxylic acids is 1. The van der Waals surface area contributed by atoms with Crippen molar-refractivity contribution in [1.82, 2.24) is 4.90 Å². The van der Waals surface area contributed by atoms with Crippen LogP contribution in [-0.2, 0) is 11.2 Å². The molecular weight excluding hydrogens is 288 g/mol. The monoisotopic (exact) mass is 300 g/mol. The maximum atomic E-state index is 11.2. The molecule has 3 nitrogen and oxygen atoms in total. The van der Waals surface area contributed by atoms with Crippen molar-refractivity contribution < 1.29 is 4.79 Å². The van der Waals surface area contributed by atoms with Gasteiger partial charge >= 0.3 is 0 Å². The van der Waals surface area contributed by atoms with Crippen molar-refractivity contribution in [2.75, 3.05) is 20.1 Å². The van der Waals surface area contributed by atoms with E-state index in [-0.39, 0.29) is 12.2 Å². The molecule has 0 radical (unpaired) electrons. The predicted molar refractivity (Wildman–Crippen MR) is 68.5 cm³/mol.